The van der Waals surface area contributed by atoms with E-state index < -0.39 is 0 Å². The van der Waals surface area contributed by atoms with Gasteiger partial charge in [-0.25, -0.2) is 0 Å². The van der Waals surface area contributed by atoms with Crippen molar-refractivity contribution in [2.45, 2.75) is 58.5 Å². The van der Waals surface area contributed by atoms with E-state index in [9.17, 15) is 4.79 Å². The lowest BCUT2D eigenvalue weighted by atomic mass is 10.1. The third-order valence-electron chi connectivity index (χ3n) is 2.09. The highest BCUT2D eigenvalue weighted by Gasteiger charge is 2.10. The van der Waals surface area contributed by atoms with Crippen LogP contribution in [-0.4, -0.2) is 18.3 Å². The van der Waals surface area contributed by atoms with Gasteiger partial charge < -0.3 is 10.1 Å². The van der Waals surface area contributed by atoms with Crippen molar-refractivity contribution in [1.82, 2.24) is 0 Å². The molecule has 3 nitrogen and oxygen atoms in total. The highest BCUT2D eigenvalue weighted by atomic mass is 16.5. The van der Waals surface area contributed by atoms with Crippen LogP contribution >= 0.6 is 0 Å². The largest absolute Gasteiger partial charge is 0.462 e. The molecular formula is C11H21NO2. The van der Waals surface area contributed by atoms with Crippen molar-refractivity contribution in [1.29, 1.82) is 5.41 Å². The maximum absolute atomic E-state index is 11.3. The normalized spacial score (nSPS) is 12.1. The molecule has 0 spiro atoms. The predicted molar refractivity (Wildman–Crippen MR) is 57.7 cm³/mol. The fourth-order valence-electron chi connectivity index (χ4n) is 1.26. The van der Waals surface area contributed by atoms with Gasteiger partial charge in [0.1, 0.15) is 6.10 Å². The topological polar surface area (TPSA) is 50.2 Å². The molecule has 0 rings (SSSR count). The summed E-state index contributed by atoms with van der Waals surface area (Å²) in [7, 11) is 0. The van der Waals surface area contributed by atoms with Gasteiger partial charge in [-0.2, -0.15) is 0 Å². The molecule has 0 aromatic rings. The van der Waals surface area contributed by atoms with E-state index in [-0.39, 0.29) is 12.1 Å². The Hall–Kier alpha value is -0.860. The van der Waals surface area contributed by atoms with E-state index in [0.717, 1.165) is 25.7 Å². The Kier molecular flexibility index (Phi) is 8.19. The molecule has 0 aliphatic carbocycles. The molecule has 0 saturated heterocycles. The standard InChI is InChI=1S/C11H21NO2/c1-3-7-10(4-2)14-11(13)8-5-6-9-12/h9-10,12H,3-8H2,1-2H3. The lowest BCUT2D eigenvalue weighted by Crippen LogP contribution is -2.16. The van der Waals surface area contributed by atoms with E-state index >= 15 is 0 Å². The maximum Gasteiger partial charge on any atom is 0.306 e. The van der Waals surface area contributed by atoms with Crippen molar-refractivity contribution in [3.8, 4) is 0 Å². The van der Waals surface area contributed by atoms with Crippen molar-refractivity contribution in [2.75, 3.05) is 0 Å². The van der Waals surface area contributed by atoms with Gasteiger partial charge in [0.15, 0.2) is 0 Å². The maximum atomic E-state index is 11.3. The van der Waals surface area contributed by atoms with Crippen molar-refractivity contribution >= 4 is 12.2 Å². The van der Waals surface area contributed by atoms with Crippen LogP contribution < -0.4 is 0 Å². The fourth-order valence-corrected chi connectivity index (χ4v) is 1.26. The zero-order valence-electron chi connectivity index (χ0n) is 9.21. The molecule has 1 unspecified atom stereocenters. The molecule has 1 N–H and O–H groups in total. The van der Waals surface area contributed by atoms with Crippen molar-refractivity contribution in [3.63, 3.8) is 0 Å². The Morgan fingerprint density at radius 2 is 2.21 bits per heavy atom. The van der Waals surface area contributed by atoms with Gasteiger partial charge in [0.25, 0.3) is 0 Å². The van der Waals surface area contributed by atoms with Gasteiger partial charge in [0, 0.05) is 6.42 Å². The molecule has 82 valence electrons. The van der Waals surface area contributed by atoms with Gasteiger partial charge in [-0.1, -0.05) is 20.3 Å². The number of rotatable bonds is 8. The summed E-state index contributed by atoms with van der Waals surface area (Å²) in [6.45, 7) is 4.12. The van der Waals surface area contributed by atoms with Crippen LogP contribution in [0.1, 0.15) is 52.4 Å². The zero-order chi connectivity index (χ0) is 10.8. The summed E-state index contributed by atoms with van der Waals surface area (Å²) >= 11 is 0. The Morgan fingerprint density at radius 1 is 1.50 bits per heavy atom. The van der Waals surface area contributed by atoms with E-state index in [2.05, 4.69) is 6.92 Å². The third kappa shape index (κ3) is 6.63. The lowest BCUT2D eigenvalue weighted by Gasteiger charge is -2.14. The minimum absolute atomic E-state index is 0.0903. The number of esters is 1. The molecule has 0 fully saturated rings. The first-order chi connectivity index (χ1) is 6.74. The Morgan fingerprint density at radius 3 is 2.71 bits per heavy atom. The van der Waals surface area contributed by atoms with Gasteiger partial charge in [0.2, 0.25) is 0 Å². The average molecular weight is 199 g/mol. The number of hydrogen-bond acceptors (Lipinski definition) is 3. The minimum Gasteiger partial charge on any atom is -0.462 e. The van der Waals surface area contributed by atoms with Crippen molar-refractivity contribution < 1.29 is 9.53 Å². The predicted octanol–water partition coefficient (Wildman–Crippen LogP) is 2.93. The quantitative estimate of drug-likeness (QED) is 0.371. The van der Waals surface area contributed by atoms with Gasteiger partial charge >= 0.3 is 5.97 Å². The molecule has 0 aromatic heterocycles. The summed E-state index contributed by atoms with van der Waals surface area (Å²) in [5.41, 5.74) is 0. The second-order valence-corrected chi connectivity index (χ2v) is 3.41. The van der Waals surface area contributed by atoms with Crippen LogP contribution in [0, 0.1) is 5.41 Å². The van der Waals surface area contributed by atoms with Crippen LogP contribution in [0.3, 0.4) is 0 Å². The molecule has 0 bridgehead atoms. The number of carbonyl (C=O) groups is 1. The van der Waals surface area contributed by atoms with Crippen LogP contribution in [0.15, 0.2) is 0 Å². The van der Waals surface area contributed by atoms with Crippen molar-refractivity contribution in [3.05, 3.63) is 0 Å². The summed E-state index contributed by atoms with van der Waals surface area (Å²) < 4.78 is 5.27. The molecule has 1 atom stereocenters. The molecule has 0 aliphatic rings. The molecule has 0 aliphatic heterocycles. The monoisotopic (exact) mass is 199 g/mol. The summed E-state index contributed by atoms with van der Waals surface area (Å²) in [4.78, 5) is 11.3. The Labute approximate surface area is 86.3 Å². The smallest absolute Gasteiger partial charge is 0.306 e. The van der Waals surface area contributed by atoms with Gasteiger partial charge in [-0.15, -0.1) is 0 Å². The van der Waals surface area contributed by atoms with Gasteiger partial charge in [-0.05, 0) is 31.9 Å². The molecule has 0 amide bonds. The van der Waals surface area contributed by atoms with Crippen molar-refractivity contribution in [2.24, 2.45) is 0 Å². The molecule has 0 saturated carbocycles. The summed E-state index contributed by atoms with van der Waals surface area (Å²) in [5, 5.41) is 6.81. The molecule has 0 aromatic carbocycles. The molecule has 0 heterocycles. The second-order valence-electron chi connectivity index (χ2n) is 3.41. The number of carbonyl (C=O) groups excluding carboxylic acids is 1. The number of hydrogen-bond donors (Lipinski definition) is 1. The Bertz CT molecular complexity index is 169. The van der Waals surface area contributed by atoms with Gasteiger partial charge in [-0.3, -0.25) is 4.79 Å². The summed E-state index contributed by atoms with van der Waals surface area (Å²) in [6.07, 6.45) is 6.15. The Balaban J connectivity index is 3.61. The average Bonchev–Trinajstić information content (AvgIpc) is 2.17. The summed E-state index contributed by atoms with van der Waals surface area (Å²) in [5.74, 6) is -0.118. The third-order valence-corrected chi connectivity index (χ3v) is 2.09. The first kappa shape index (κ1) is 13.1. The first-order valence-corrected chi connectivity index (χ1v) is 5.43. The highest BCUT2D eigenvalue weighted by Crippen LogP contribution is 2.08. The van der Waals surface area contributed by atoms with E-state index in [1.54, 1.807) is 0 Å². The van der Waals surface area contributed by atoms with E-state index in [4.69, 9.17) is 10.1 Å². The SMILES string of the molecule is CCCC(CC)OC(=O)CCCC=N. The van der Waals surface area contributed by atoms with Crippen LogP contribution in [0.5, 0.6) is 0 Å². The summed E-state index contributed by atoms with van der Waals surface area (Å²) in [6, 6.07) is 0. The van der Waals surface area contributed by atoms with Gasteiger partial charge in [0.05, 0.1) is 0 Å². The molecule has 3 heteroatoms. The van der Waals surface area contributed by atoms with E-state index in [0.29, 0.717) is 12.8 Å². The lowest BCUT2D eigenvalue weighted by molar-refractivity contribution is -0.149. The van der Waals surface area contributed by atoms with Crippen LogP contribution in [0.25, 0.3) is 0 Å². The molecule has 14 heavy (non-hydrogen) atoms. The van der Waals surface area contributed by atoms with Crippen LogP contribution in [0.4, 0.5) is 0 Å². The number of unbranched alkanes of at least 4 members (excludes halogenated alkanes) is 1. The first-order valence-electron chi connectivity index (χ1n) is 5.43. The van der Waals surface area contributed by atoms with Crippen LogP contribution in [-0.2, 0) is 9.53 Å². The fraction of sp³-hybridized carbons (Fsp3) is 0.818. The number of ether oxygens (including phenoxy) is 1. The second kappa shape index (κ2) is 8.73. The van der Waals surface area contributed by atoms with E-state index in [1.807, 2.05) is 6.92 Å². The van der Waals surface area contributed by atoms with Crippen LogP contribution in [0.2, 0.25) is 0 Å². The number of nitrogens with one attached hydrogen (secondary N) is 1. The van der Waals surface area contributed by atoms with E-state index in [1.165, 1.54) is 6.21 Å². The molecule has 0 radical (unpaired) electrons. The molecular weight excluding hydrogens is 178 g/mol. The highest BCUT2D eigenvalue weighted by molar-refractivity contribution is 5.70. The zero-order valence-corrected chi connectivity index (χ0v) is 9.21. The minimum atomic E-state index is -0.118.